The third-order valence-electron chi connectivity index (χ3n) is 4.75. The predicted molar refractivity (Wildman–Crippen MR) is 97.5 cm³/mol. The third kappa shape index (κ3) is 4.59. The number of imide groups is 1. The molecule has 0 bridgehead atoms. The van der Waals surface area contributed by atoms with Crippen molar-refractivity contribution in [3.05, 3.63) is 22.4 Å². The zero-order chi connectivity index (χ0) is 17.9. The summed E-state index contributed by atoms with van der Waals surface area (Å²) in [4.78, 5) is 29.3. The van der Waals surface area contributed by atoms with Crippen molar-refractivity contribution in [2.75, 3.05) is 26.2 Å². The maximum atomic E-state index is 12.3. The maximum absolute atomic E-state index is 12.3. The van der Waals surface area contributed by atoms with Crippen molar-refractivity contribution in [1.82, 2.24) is 15.1 Å². The number of hydrogen-bond donors (Lipinski definition) is 1. The Bertz CT molecular complexity index is 597. The molecule has 1 aromatic rings. The number of carbonyl (C=O) groups excluding carboxylic acids is 2. The van der Waals surface area contributed by atoms with Gasteiger partial charge in [0, 0.05) is 37.7 Å². The lowest BCUT2D eigenvalue weighted by molar-refractivity contribution is -0.130. The molecule has 3 heterocycles. The molecule has 1 N–H and O–H groups in total. The zero-order valence-corrected chi connectivity index (χ0v) is 15.8. The number of ether oxygens (including phenoxy) is 1. The van der Waals surface area contributed by atoms with Crippen LogP contribution < -0.4 is 5.32 Å². The highest BCUT2D eigenvalue weighted by atomic mass is 32.1. The van der Waals surface area contributed by atoms with E-state index < -0.39 is 5.54 Å². The van der Waals surface area contributed by atoms with Gasteiger partial charge in [-0.1, -0.05) is 6.07 Å². The topological polar surface area (TPSA) is 61.9 Å². The van der Waals surface area contributed by atoms with Gasteiger partial charge in [0.25, 0.3) is 5.91 Å². The second-order valence-electron chi connectivity index (χ2n) is 7.32. The van der Waals surface area contributed by atoms with Crippen LogP contribution in [-0.2, 0) is 16.1 Å². The number of urea groups is 1. The lowest BCUT2D eigenvalue weighted by atomic mass is 10.1. The Balaban J connectivity index is 1.53. The smallest absolute Gasteiger partial charge is 0.325 e. The first kappa shape index (κ1) is 18.4. The third-order valence-corrected chi connectivity index (χ3v) is 5.61. The summed E-state index contributed by atoms with van der Waals surface area (Å²) < 4.78 is 5.78. The van der Waals surface area contributed by atoms with E-state index in [1.807, 2.05) is 0 Å². The zero-order valence-electron chi connectivity index (χ0n) is 15.0. The van der Waals surface area contributed by atoms with E-state index in [2.05, 4.69) is 27.7 Å². The number of nitrogens with one attached hydrogen (secondary N) is 1. The van der Waals surface area contributed by atoms with Crippen LogP contribution in [-0.4, -0.2) is 59.6 Å². The standard InChI is InChI=1S/C18H27N3O3S/c1-18(2)16(22)21(17(23)19-18)9-5-8-20(12-14-6-3-10-24-14)13-15-7-4-11-25-15/h4,7,11,14H,3,5-6,8-10,12-13H2,1-2H3,(H,19,23). The molecule has 1 unspecified atom stereocenters. The van der Waals surface area contributed by atoms with Gasteiger partial charge in [-0.15, -0.1) is 11.3 Å². The highest BCUT2D eigenvalue weighted by Crippen LogP contribution is 2.19. The minimum Gasteiger partial charge on any atom is -0.377 e. The molecule has 2 aliphatic heterocycles. The summed E-state index contributed by atoms with van der Waals surface area (Å²) in [5.74, 6) is -0.138. The van der Waals surface area contributed by atoms with E-state index in [9.17, 15) is 9.59 Å². The average Bonchev–Trinajstić information content (AvgIpc) is 3.26. The number of rotatable bonds is 8. The molecule has 3 rings (SSSR count). The van der Waals surface area contributed by atoms with Crippen LogP contribution in [0.1, 0.15) is 38.0 Å². The molecule has 3 amide bonds. The van der Waals surface area contributed by atoms with E-state index in [0.717, 1.165) is 45.5 Å². The first-order valence-corrected chi connectivity index (χ1v) is 9.84. The number of hydrogen-bond acceptors (Lipinski definition) is 5. The van der Waals surface area contributed by atoms with E-state index in [1.54, 1.807) is 25.2 Å². The molecular weight excluding hydrogens is 338 g/mol. The van der Waals surface area contributed by atoms with E-state index in [1.165, 1.54) is 9.78 Å². The van der Waals surface area contributed by atoms with Gasteiger partial charge in [0.15, 0.2) is 0 Å². The van der Waals surface area contributed by atoms with Crippen LogP contribution in [0.2, 0.25) is 0 Å². The molecule has 0 aromatic carbocycles. The normalized spacial score (nSPS) is 22.8. The fraction of sp³-hybridized carbons (Fsp3) is 0.667. The molecule has 25 heavy (non-hydrogen) atoms. The first-order valence-electron chi connectivity index (χ1n) is 8.96. The van der Waals surface area contributed by atoms with Crippen LogP contribution in [0.25, 0.3) is 0 Å². The number of amides is 3. The van der Waals surface area contributed by atoms with Crippen LogP contribution in [0, 0.1) is 0 Å². The summed E-state index contributed by atoms with van der Waals surface area (Å²) in [5.41, 5.74) is -0.786. The van der Waals surface area contributed by atoms with Gasteiger partial charge in [-0.05, 0) is 44.6 Å². The van der Waals surface area contributed by atoms with E-state index >= 15 is 0 Å². The molecule has 2 saturated heterocycles. The number of thiophene rings is 1. The monoisotopic (exact) mass is 365 g/mol. The first-order chi connectivity index (χ1) is 12.0. The van der Waals surface area contributed by atoms with Crippen LogP contribution >= 0.6 is 11.3 Å². The lowest BCUT2D eigenvalue weighted by Gasteiger charge is -2.25. The van der Waals surface area contributed by atoms with Crippen LogP contribution in [0.5, 0.6) is 0 Å². The molecule has 0 spiro atoms. The molecule has 1 atom stereocenters. The van der Waals surface area contributed by atoms with Gasteiger partial charge in [-0.25, -0.2) is 4.79 Å². The van der Waals surface area contributed by atoms with Gasteiger partial charge in [-0.3, -0.25) is 14.6 Å². The Morgan fingerprint density at radius 1 is 1.44 bits per heavy atom. The molecule has 6 nitrogen and oxygen atoms in total. The summed E-state index contributed by atoms with van der Waals surface area (Å²) in [6.45, 7) is 7.44. The Hall–Kier alpha value is -1.44. The van der Waals surface area contributed by atoms with Gasteiger partial charge in [0.1, 0.15) is 5.54 Å². The SMILES string of the molecule is CC1(C)NC(=O)N(CCCN(Cc2cccs2)CC2CCCO2)C1=O. The summed E-state index contributed by atoms with van der Waals surface area (Å²) in [6, 6.07) is 3.94. The van der Waals surface area contributed by atoms with Crippen molar-refractivity contribution in [3.63, 3.8) is 0 Å². The minimum atomic E-state index is -0.786. The highest BCUT2D eigenvalue weighted by Gasteiger charge is 2.43. The van der Waals surface area contributed by atoms with Crippen LogP contribution in [0.15, 0.2) is 17.5 Å². The van der Waals surface area contributed by atoms with Crippen LogP contribution in [0.3, 0.4) is 0 Å². The molecule has 0 radical (unpaired) electrons. The van der Waals surface area contributed by atoms with Crippen molar-refractivity contribution >= 4 is 23.3 Å². The lowest BCUT2D eigenvalue weighted by Crippen LogP contribution is -2.40. The largest absolute Gasteiger partial charge is 0.377 e. The molecule has 2 fully saturated rings. The molecule has 2 aliphatic rings. The molecule has 138 valence electrons. The van der Waals surface area contributed by atoms with Crippen molar-refractivity contribution < 1.29 is 14.3 Å². The Labute approximate surface area is 153 Å². The van der Waals surface area contributed by atoms with Gasteiger partial charge >= 0.3 is 6.03 Å². The second-order valence-corrected chi connectivity index (χ2v) is 8.35. The van der Waals surface area contributed by atoms with Gasteiger partial charge in [0.05, 0.1) is 6.10 Å². The van der Waals surface area contributed by atoms with Gasteiger partial charge in [0.2, 0.25) is 0 Å². The van der Waals surface area contributed by atoms with Crippen molar-refractivity contribution in [1.29, 1.82) is 0 Å². The molecular formula is C18H27N3O3S. The summed E-state index contributed by atoms with van der Waals surface area (Å²) in [5, 5.41) is 4.82. The van der Waals surface area contributed by atoms with Crippen molar-refractivity contribution in [2.45, 2.75) is 51.3 Å². The second kappa shape index (κ2) is 7.85. The molecule has 1 aromatic heterocycles. The number of nitrogens with zero attached hydrogens (tertiary/aromatic N) is 2. The highest BCUT2D eigenvalue weighted by molar-refractivity contribution is 7.09. The molecule has 0 aliphatic carbocycles. The Kier molecular flexibility index (Phi) is 5.76. The summed E-state index contributed by atoms with van der Waals surface area (Å²) >= 11 is 1.76. The fourth-order valence-corrected chi connectivity index (χ4v) is 4.15. The maximum Gasteiger partial charge on any atom is 0.325 e. The van der Waals surface area contributed by atoms with Gasteiger partial charge in [-0.2, -0.15) is 0 Å². The Morgan fingerprint density at radius 2 is 2.28 bits per heavy atom. The van der Waals surface area contributed by atoms with E-state index in [-0.39, 0.29) is 11.9 Å². The Morgan fingerprint density at radius 3 is 2.88 bits per heavy atom. The van der Waals surface area contributed by atoms with Crippen molar-refractivity contribution in [2.24, 2.45) is 0 Å². The average molecular weight is 365 g/mol. The van der Waals surface area contributed by atoms with Gasteiger partial charge < -0.3 is 10.1 Å². The summed E-state index contributed by atoms with van der Waals surface area (Å²) in [6.07, 6.45) is 3.32. The fourth-order valence-electron chi connectivity index (χ4n) is 3.41. The van der Waals surface area contributed by atoms with Crippen LogP contribution in [0.4, 0.5) is 4.79 Å². The van der Waals surface area contributed by atoms with Crippen molar-refractivity contribution in [3.8, 4) is 0 Å². The molecule has 7 heteroatoms. The molecule has 0 saturated carbocycles. The predicted octanol–water partition coefficient (Wildman–Crippen LogP) is 2.45. The van der Waals surface area contributed by atoms with E-state index in [4.69, 9.17) is 4.74 Å². The number of carbonyl (C=O) groups is 2. The summed E-state index contributed by atoms with van der Waals surface area (Å²) in [7, 11) is 0. The quantitative estimate of drug-likeness (QED) is 0.719. The minimum absolute atomic E-state index is 0.138. The van der Waals surface area contributed by atoms with E-state index in [0.29, 0.717) is 12.6 Å².